The van der Waals surface area contributed by atoms with Gasteiger partial charge in [-0.25, -0.2) is 0 Å². The van der Waals surface area contributed by atoms with Crippen molar-refractivity contribution in [2.24, 2.45) is 5.92 Å². The Kier molecular flexibility index (Phi) is 3.52. The van der Waals surface area contributed by atoms with Gasteiger partial charge < -0.3 is 5.32 Å². The van der Waals surface area contributed by atoms with Gasteiger partial charge in [0.1, 0.15) is 0 Å². The molecule has 1 atom stereocenters. The molecule has 1 unspecified atom stereocenters. The molecule has 1 heteroatoms. The monoisotopic (exact) mass is 139 g/mol. The largest absolute Gasteiger partial charge is 0.316 e. The fraction of sp³-hybridized carbons (Fsp3) is 0.778. The lowest BCUT2D eigenvalue weighted by atomic mass is 10.0. The predicted octanol–water partition coefficient (Wildman–Crippen LogP) is 1.95. The van der Waals surface area contributed by atoms with E-state index in [9.17, 15) is 0 Å². The highest BCUT2D eigenvalue weighted by Crippen LogP contribution is 2.14. The summed E-state index contributed by atoms with van der Waals surface area (Å²) >= 11 is 0. The van der Waals surface area contributed by atoms with E-state index < -0.39 is 0 Å². The molecule has 0 aromatic rings. The summed E-state index contributed by atoms with van der Waals surface area (Å²) < 4.78 is 0. The average molecular weight is 139 g/mol. The van der Waals surface area contributed by atoms with Crippen molar-refractivity contribution in [1.82, 2.24) is 5.32 Å². The SMILES string of the molecule is CC=CCCC1CCNC1. The van der Waals surface area contributed by atoms with E-state index in [4.69, 9.17) is 0 Å². The molecule has 0 aromatic carbocycles. The second kappa shape index (κ2) is 4.51. The molecular formula is C9H17N. The topological polar surface area (TPSA) is 12.0 Å². The fourth-order valence-electron chi connectivity index (χ4n) is 1.46. The zero-order chi connectivity index (χ0) is 7.23. The summed E-state index contributed by atoms with van der Waals surface area (Å²) in [7, 11) is 0. The van der Waals surface area contributed by atoms with Crippen LogP contribution in [-0.2, 0) is 0 Å². The Labute approximate surface area is 63.5 Å². The van der Waals surface area contributed by atoms with Crippen LogP contribution in [0.2, 0.25) is 0 Å². The van der Waals surface area contributed by atoms with Crippen molar-refractivity contribution in [1.29, 1.82) is 0 Å². The van der Waals surface area contributed by atoms with Crippen LogP contribution in [0.25, 0.3) is 0 Å². The minimum absolute atomic E-state index is 0.955. The molecule has 1 heterocycles. The van der Waals surface area contributed by atoms with Gasteiger partial charge in [-0.3, -0.25) is 0 Å². The molecule has 1 N–H and O–H groups in total. The van der Waals surface area contributed by atoms with Crippen LogP contribution in [0.1, 0.15) is 26.2 Å². The van der Waals surface area contributed by atoms with Gasteiger partial charge in [0.2, 0.25) is 0 Å². The highest BCUT2D eigenvalue weighted by molar-refractivity contribution is 4.80. The number of nitrogens with one attached hydrogen (secondary N) is 1. The normalized spacial score (nSPS) is 26.3. The van der Waals surface area contributed by atoms with Crippen LogP contribution in [0.5, 0.6) is 0 Å². The molecule has 1 saturated heterocycles. The average Bonchev–Trinajstić information content (AvgIpc) is 2.41. The van der Waals surface area contributed by atoms with Crippen LogP contribution < -0.4 is 5.32 Å². The lowest BCUT2D eigenvalue weighted by molar-refractivity contribution is 0.538. The van der Waals surface area contributed by atoms with E-state index in [0.717, 1.165) is 5.92 Å². The number of hydrogen-bond donors (Lipinski definition) is 1. The van der Waals surface area contributed by atoms with Crippen LogP contribution in [0.3, 0.4) is 0 Å². The van der Waals surface area contributed by atoms with Crippen LogP contribution in [0.4, 0.5) is 0 Å². The van der Waals surface area contributed by atoms with Crippen LogP contribution >= 0.6 is 0 Å². The van der Waals surface area contributed by atoms with Crippen molar-refractivity contribution in [2.45, 2.75) is 26.2 Å². The molecule has 0 amide bonds. The first-order valence-corrected chi connectivity index (χ1v) is 4.25. The lowest BCUT2D eigenvalue weighted by Crippen LogP contribution is -2.08. The standard InChI is InChI=1S/C9H17N/c1-2-3-4-5-9-6-7-10-8-9/h2-3,9-10H,4-8H2,1H3. The third-order valence-corrected chi connectivity index (χ3v) is 2.14. The summed E-state index contributed by atoms with van der Waals surface area (Å²) in [4.78, 5) is 0. The second-order valence-electron chi connectivity index (χ2n) is 3.01. The van der Waals surface area contributed by atoms with E-state index in [2.05, 4.69) is 24.4 Å². The molecule has 0 radical (unpaired) electrons. The van der Waals surface area contributed by atoms with Gasteiger partial charge in [0, 0.05) is 0 Å². The Bertz CT molecular complexity index is 101. The molecular weight excluding hydrogens is 122 g/mol. The quantitative estimate of drug-likeness (QED) is 0.589. The molecule has 1 aliphatic heterocycles. The van der Waals surface area contributed by atoms with Crippen molar-refractivity contribution in [3.05, 3.63) is 12.2 Å². The molecule has 10 heavy (non-hydrogen) atoms. The van der Waals surface area contributed by atoms with Crippen LogP contribution in [0, 0.1) is 5.92 Å². The summed E-state index contributed by atoms with van der Waals surface area (Å²) in [6.45, 7) is 4.57. The highest BCUT2D eigenvalue weighted by atomic mass is 14.9. The van der Waals surface area contributed by atoms with Gasteiger partial charge in [0.05, 0.1) is 0 Å². The predicted molar refractivity (Wildman–Crippen MR) is 45.0 cm³/mol. The zero-order valence-electron chi connectivity index (χ0n) is 6.77. The molecule has 0 aliphatic carbocycles. The van der Waals surface area contributed by atoms with Gasteiger partial charge in [-0.15, -0.1) is 0 Å². The zero-order valence-corrected chi connectivity index (χ0v) is 6.77. The van der Waals surface area contributed by atoms with E-state index >= 15 is 0 Å². The van der Waals surface area contributed by atoms with Gasteiger partial charge in [0.15, 0.2) is 0 Å². The fourth-order valence-corrected chi connectivity index (χ4v) is 1.46. The Morgan fingerprint density at radius 2 is 2.50 bits per heavy atom. The molecule has 1 aliphatic rings. The Hall–Kier alpha value is -0.300. The molecule has 1 fully saturated rings. The maximum absolute atomic E-state index is 3.38. The van der Waals surface area contributed by atoms with Gasteiger partial charge in [0.25, 0.3) is 0 Å². The lowest BCUT2D eigenvalue weighted by Gasteiger charge is -2.03. The molecule has 0 bridgehead atoms. The summed E-state index contributed by atoms with van der Waals surface area (Å²) in [5.74, 6) is 0.955. The van der Waals surface area contributed by atoms with Gasteiger partial charge in [-0.05, 0) is 45.2 Å². The minimum Gasteiger partial charge on any atom is -0.316 e. The van der Waals surface area contributed by atoms with Crippen molar-refractivity contribution < 1.29 is 0 Å². The van der Waals surface area contributed by atoms with E-state index in [1.165, 1.54) is 32.4 Å². The number of hydrogen-bond acceptors (Lipinski definition) is 1. The van der Waals surface area contributed by atoms with E-state index in [0.29, 0.717) is 0 Å². The van der Waals surface area contributed by atoms with Crippen LogP contribution in [0.15, 0.2) is 12.2 Å². The minimum atomic E-state index is 0.955. The summed E-state index contributed by atoms with van der Waals surface area (Å²) in [5, 5.41) is 3.38. The van der Waals surface area contributed by atoms with E-state index in [1.807, 2.05) is 0 Å². The van der Waals surface area contributed by atoms with Crippen molar-refractivity contribution in [3.63, 3.8) is 0 Å². The Balaban J connectivity index is 2.01. The van der Waals surface area contributed by atoms with Crippen molar-refractivity contribution in [2.75, 3.05) is 13.1 Å². The summed E-state index contributed by atoms with van der Waals surface area (Å²) in [6, 6.07) is 0. The summed E-state index contributed by atoms with van der Waals surface area (Å²) in [6.07, 6.45) is 8.43. The van der Waals surface area contributed by atoms with Gasteiger partial charge >= 0.3 is 0 Å². The van der Waals surface area contributed by atoms with E-state index in [-0.39, 0.29) is 0 Å². The molecule has 1 nitrogen and oxygen atoms in total. The maximum atomic E-state index is 3.38. The molecule has 1 rings (SSSR count). The highest BCUT2D eigenvalue weighted by Gasteiger charge is 2.12. The first kappa shape index (κ1) is 7.80. The first-order valence-electron chi connectivity index (χ1n) is 4.25. The second-order valence-corrected chi connectivity index (χ2v) is 3.01. The van der Waals surface area contributed by atoms with Gasteiger partial charge in [-0.1, -0.05) is 12.2 Å². The molecule has 0 saturated carbocycles. The molecule has 58 valence electrons. The first-order chi connectivity index (χ1) is 4.93. The Morgan fingerprint density at radius 3 is 3.10 bits per heavy atom. The number of allylic oxidation sites excluding steroid dienone is 2. The smallest absolute Gasteiger partial charge is 0.00199 e. The molecule has 0 aromatic heterocycles. The Morgan fingerprint density at radius 1 is 1.60 bits per heavy atom. The maximum Gasteiger partial charge on any atom is -0.00199 e. The summed E-state index contributed by atoms with van der Waals surface area (Å²) in [5.41, 5.74) is 0. The van der Waals surface area contributed by atoms with E-state index in [1.54, 1.807) is 0 Å². The molecule has 0 spiro atoms. The van der Waals surface area contributed by atoms with Crippen molar-refractivity contribution in [3.8, 4) is 0 Å². The third-order valence-electron chi connectivity index (χ3n) is 2.14. The van der Waals surface area contributed by atoms with Gasteiger partial charge in [-0.2, -0.15) is 0 Å². The van der Waals surface area contributed by atoms with Crippen LogP contribution in [-0.4, -0.2) is 13.1 Å². The number of rotatable bonds is 3. The third kappa shape index (κ3) is 2.53. The van der Waals surface area contributed by atoms with Crippen molar-refractivity contribution >= 4 is 0 Å².